The molecule has 1 aromatic heterocycles. The number of aromatic nitrogens is 1. The topological polar surface area (TPSA) is 76.3 Å². The lowest BCUT2D eigenvalue weighted by Crippen LogP contribution is -2.25. The largest absolute Gasteiger partial charge is 0.366 e. The SMILES string of the molecule is NC(=O)c1cc2c(nc1C[C@H]1CC(=O)N(c3ccccc3)C1)CCC2. The summed E-state index contributed by atoms with van der Waals surface area (Å²) in [5, 5.41) is 0. The molecule has 4 rings (SSSR count). The van der Waals surface area contributed by atoms with Crippen molar-refractivity contribution in [1.29, 1.82) is 0 Å². The van der Waals surface area contributed by atoms with Crippen LogP contribution in [0.5, 0.6) is 0 Å². The number of carbonyl (C=O) groups excluding carboxylic acids is 2. The summed E-state index contributed by atoms with van der Waals surface area (Å²) in [6.45, 7) is 0.653. The highest BCUT2D eigenvalue weighted by molar-refractivity contribution is 5.96. The molecule has 1 fully saturated rings. The van der Waals surface area contributed by atoms with Gasteiger partial charge in [-0.2, -0.15) is 0 Å². The predicted molar refractivity (Wildman–Crippen MR) is 95.4 cm³/mol. The number of hydrogen-bond donors (Lipinski definition) is 1. The summed E-state index contributed by atoms with van der Waals surface area (Å²) >= 11 is 0. The van der Waals surface area contributed by atoms with Crippen molar-refractivity contribution in [2.75, 3.05) is 11.4 Å². The van der Waals surface area contributed by atoms with Crippen molar-refractivity contribution in [3.05, 3.63) is 58.9 Å². The van der Waals surface area contributed by atoms with Gasteiger partial charge in [-0.3, -0.25) is 14.6 Å². The normalized spacial score (nSPS) is 19.3. The second kappa shape index (κ2) is 6.31. The lowest BCUT2D eigenvalue weighted by molar-refractivity contribution is -0.117. The van der Waals surface area contributed by atoms with E-state index >= 15 is 0 Å². The number of benzene rings is 1. The average molecular weight is 335 g/mol. The Bertz CT molecular complexity index is 832. The molecule has 0 saturated carbocycles. The van der Waals surface area contributed by atoms with Crippen molar-refractivity contribution in [3.8, 4) is 0 Å². The Hall–Kier alpha value is -2.69. The molecule has 1 aliphatic heterocycles. The van der Waals surface area contributed by atoms with Gasteiger partial charge < -0.3 is 10.6 Å². The second-order valence-electron chi connectivity index (χ2n) is 6.92. The van der Waals surface area contributed by atoms with Crippen LogP contribution in [0.4, 0.5) is 5.69 Å². The predicted octanol–water partition coefficient (Wildman–Crippen LogP) is 2.26. The van der Waals surface area contributed by atoms with E-state index in [0.29, 0.717) is 24.9 Å². The molecule has 5 nitrogen and oxygen atoms in total. The number of nitrogens with zero attached hydrogens (tertiary/aromatic N) is 2. The van der Waals surface area contributed by atoms with Gasteiger partial charge in [-0.25, -0.2) is 0 Å². The minimum absolute atomic E-state index is 0.123. The molecular weight excluding hydrogens is 314 g/mol. The molecule has 0 radical (unpaired) electrons. The molecule has 1 saturated heterocycles. The van der Waals surface area contributed by atoms with Gasteiger partial charge in [0.15, 0.2) is 0 Å². The van der Waals surface area contributed by atoms with E-state index in [2.05, 4.69) is 0 Å². The summed E-state index contributed by atoms with van der Waals surface area (Å²) in [5.74, 6) is -0.155. The van der Waals surface area contributed by atoms with Crippen molar-refractivity contribution >= 4 is 17.5 Å². The van der Waals surface area contributed by atoms with Gasteiger partial charge in [0.2, 0.25) is 5.91 Å². The van der Waals surface area contributed by atoms with Crippen molar-refractivity contribution in [2.45, 2.75) is 32.1 Å². The molecule has 2 aromatic rings. The summed E-state index contributed by atoms with van der Waals surface area (Å²) in [5.41, 5.74) is 10.00. The van der Waals surface area contributed by atoms with Crippen LogP contribution in [0.3, 0.4) is 0 Å². The van der Waals surface area contributed by atoms with E-state index in [0.717, 1.165) is 41.9 Å². The zero-order valence-corrected chi connectivity index (χ0v) is 14.1. The first-order valence-corrected chi connectivity index (χ1v) is 8.78. The third-order valence-corrected chi connectivity index (χ3v) is 5.15. The van der Waals surface area contributed by atoms with Crippen LogP contribution in [-0.4, -0.2) is 23.3 Å². The fourth-order valence-corrected chi connectivity index (χ4v) is 3.93. The van der Waals surface area contributed by atoms with Crippen LogP contribution in [0, 0.1) is 5.92 Å². The Morgan fingerprint density at radius 1 is 1.24 bits per heavy atom. The molecule has 2 N–H and O–H groups in total. The number of para-hydroxylation sites is 1. The molecular formula is C20H21N3O2. The number of amides is 2. The lowest BCUT2D eigenvalue weighted by atomic mass is 9.97. The molecule has 0 spiro atoms. The quantitative estimate of drug-likeness (QED) is 0.931. The Balaban J connectivity index is 1.57. The number of hydrogen-bond acceptors (Lipinski definition) is 3. The Morgan fingerprint density at radius 3 is 2.80 bits per heavy atom. The summed E-state index contributed by atoms with van der Waals surface area (Å²) in [4.78, 5) is 30.8. The first kappa shape index (κ1) is 15.8. The zero-order chi connectivity index (χ0) is 17.4. The number of anilines is 1. The number of fused-ring (bicyclic) bond motifs is 1. The van der Waals surface area contributed by atoms with E-state index in [1.165, 1.54) is 0 Å². The first-order valence-electron chi connectivity index (χ1n) is 8.78. The highest BCUT2D eigenvalue weighted by Crippen LogP contribution is 2.29. The maximum atomic E-state index is 12.4. The monoisotopic (exact) mass is 335 g/mol. The molecule has 1 aliphatic carbocycles. The van der Waals surface area contributed by atoms with E-state index in [4.69, 9.17) is 10.7 Å². The maximum absolute atomic E-state index is 12.4. The van der Waals surface area contributed by atoms with Crippen LogP contribution in [0.25, 0.3) is 0 Å². The van der Waals surface area contributed by atoms with Crippen molar-refractivity contribution < 1.29 is 9.59 Å². The van der Waals surface area contributed by atoms with Crippen molar-refractivity contribution in [1.82, 2.24) is 4.98 Å². The minimum Gasteiger partial charge on any atom is -0.366 e. The molecule has 2 aliphatic rings. The Kier molecular flexibility index (Phi) is 3.99. The van der Waals surface area contributed by atoms with Gasteiger partial charge in [0.05, 0.1) is 11.3 Å². The van der Waals surface area contributed by atoms with Gasteiger partial charge in [0.25, 0.3) is 5.91 Å². The van der Waals surface area contributed by atoms with Crippen LogP contribution in [0.15, 0.2) is 36.4 Å². The minimum atomic E-state index is -0.429. The van der Waals surface area contributed by atoms with Crippen LogP contribution >= 0.6 is 0 Å². The van der Waals surface area contributed by atoms with Crippen LogP contribution in [-0.2, 0) is 24.1 Å². The molecule has 0 unspecified atom stereocenters. The van der Waals surface area contributed by atoms with Crippen LogP contribution < -0.4 is 10.6 Å². The number of pyridine rings is 1. The first-order chi connectivity index (χ1) is 12.1. The average Bonchev–Trinajstić information content (AvgIpc) is 3.20. The van der Waals surface area contributed by atoms with Crippen molar-refractivity contribution in [2.24, 2.45) is 11.7 Å². The van der Waals surface area contributed by atoms with Crippen LogP contribution in [0.1, 0.15) is 40.2 Å². The molecule has 1 atom stereocenters. The highest BCUT2D eigenvalue weighted by Gasteiger charge is 2.32. The standard InChI is InChI=1S/C20H21N3O2/c21-20(25)16-11-14-5-4-8-17(14)22-18(16)9-13-10-19(24)23(12-13)15-6-2-1-3-7-15/h1-3,6-7,11,13H,4-5,8-10,12H2,(H2,21,25)/t13-/m0/s1. The zero-order valence-electron chi connectivity index (χ0n) is 14.1. The van der Waals surface area contributed by atoms with E-state index in [1.54, 1.807) is 0 Å². The van der Waals surface area contributed by atoms with E-state index in [1.807, 2.05) is 41.3 Å². The molecule has 2 heterocycles. The number of nitrogens with two attached hydrogens (primary N) is 1. The molecule has 25 heavy (non-hydrogen) atoms. The van der Waals surface area contributed by atoms with Gasteiger partial charge in [0, 0.05) is 24.3 Å². The summed E-state index contributed by atoms with van der Waals surface area (Å²) < 4.78 is 0. The third-order valence-electron chi connectivity index (χ3n) is 5.15. The van der Waals surface area contributed by atoms with Crippen molar-refractivity contribution in [3.63, 3.8) is 0 Å². The Morgan fingerprint density at radius 2 is 2.04 bits per heavy atom. The summed E-state index contributed by atoms with van der Waals surface area (Å²) in [6, 6.07) is 11.6. The number of primary amides is 1. The van der Waals surface area contributed by atoms with Crippen LogP contribution in [0.2, 0.25) is 0 Å². The summed E-state index contributed by atoms with van der Waals surface area (Å²) in [6.07, 6.45) is 4.09. The van der Waals surface area contributed by atoms with E-state index < -0.39 is 5.91 Å². The second-order valence-corrected chi connectivity index (χ2v) is 6.92. The maximum Gasteiger partial charge on any atom is 0.250 e. The van der Waals surface area contributed by atoms with Gasteiger partial charge in [-0.15, -0.1) is 0 Å². The molecule has 5 heteroatoms. The van der Waals surface area contributed by atoms with Gasteiger partial charge in [0.1, 0.15) is 0 Å². The molecule has 2 amide bonds. The van der Waals surface area contributed by atoms with Gasteiger partial charge in [-0.1, -0.05) is 18.2 Å². The van der Waals surface area contributed by atoms with Gasteiger partial charge in [-0.05, 0) is 55.4 Å². The number of aryl methyl sites for hydroxylation is 2. The van der Waals surface area contributed by atoms with Gasteiger partial charge >= 0.3 is 0 Å². The fourth-order valence-electron chi connectivity index (χ4n) is 3.93. The molecule has 1 aromatic carbocycles. The molecule has 0 bridgehead atoms. The highest BCUT2D eigenvalue weighted by atomic mass is 16.2. The van der Waals surface area contributed by atoms with E-state index in [-0.39, 0.29) is 11.8 Å². The Labute approximate surface area is 146 Å². The lowest BCUT2D eigenvalue weighted by Gasteiger charge is -2.17. The fraction of sp³-hybridized carbons (Fsp3) is 0.350. The summed E-state index contributed by atoms with van der Waals surface area (Å²) in [7, 11) is 0. The van der Waals surface area contributed by atoms with E-state index in [9.17, 15) is 9.59 Å². The third kappa shape index (κ3) is 3.02. The number of rotatable bonds is 4. The smallest absolute Gasteiger partial charge is 0.250 e. The molecule has 128 valence electrons. The number of carbonyl (C=O) groups is 2.